The summed E-state index contributed by atoms with van der Waals surface area (Å²) in [5, 5.41) is 13.5. The lowest BCUT2D eigenvalue weighted by Crippen LogP contribution is -2.37. The molecule has 1 unspecified atom stereocenters. The maximum absolute atomic E-state index is 11.6. The number of methoxy groups -OCH3 is 1. The van der Waals surface area contributed by atoms with Gasteiger partial charge in [-0.1, -0.05) is 0 Å². The summed E-state index contributed by atoms with van der Waals surface area (Å²) in [6.45, 7) is 3.33. The lowest BCUT2D eigenvalue weighted by Gasteiger charge is -2.12. The summed E-state index contributed by atoms with van der Waals surface area (Å²) >= 11 is 0. The zero-order valence-electron chi connectivity index (χ0n) is 10.9. The minimum absolute atomic E-state index is 0.0943. The molecule has 8 heteroatoms. The van der Waals surface area contributed by atoms with Crippen molar-refractivity contribution in [3.8, 4) is 5.88 Å². The normalized spacial score (nSPS) is 11.5. The molecular weight excluding hydrogens is 252 g/mol. The summed E-state index contributed by atoms with van der Waals surface area (Å²) in [5.41, 5.74) is 0.640. The third-order valence-electron chi connectivity index (χ3n) is 2.12. The monoisotopic (exact) mass is 268 g/mol. The van der Waals surface area contributed by atoms with Crippen molar-refractivity contribution in [2.24, 2.45) is 0 Å². The van der Waals surface area contributed by atoms with Crippen molar-refractivity contribution in [2.75, 3.05) is 12.4 Å². The average molecular weight is 268 g/mol. The fourth-order valence-corrected chi connectivity index (χ4v) is 1.37. The van der Waals surface area contributed by atoms with Gasteiger partial charge in [0.2, 0.25) is 11.8 Å². The van der Waals surface area contributed by atoms with Crippen LogP contribution >= 0.6 is 0 Å². The molecule has 2 amide bonds. The summed E-state index contributed by atoms with van der Waals surface area (Å²) in [5.74, 6) is -0.556. The molecule has 8 nitrogen and oxygen atoms in total. The van der Waals surface area contributed by atoms with E-state index in [-0.39, 0.29) is 12.4 Å². The number of anilines is 1. The number of rotatable bonds is 5. The van der Waals surface area contributed by atoms with Gasteiger partial charge in [0.25, 0.3) is 0 Å². The Kier molecular flexibility index (Phi) is 5.04. The number of hydrogen-bond acceptors (Lipinski definition) is 5. The van der Waals surface area contributed by atoms with Crippen LogP contribution in [0.1, 0.15) is 19.0 Å². The fourth-order valence-electron chi connectivity index (χ4n) is 1.37. The van der Waals surface area contributed by atoms with Crippen LogP contribution in [0.25, 0.3) is 0 Å². The zero-order valence-corrected chi connectivity index (χ0v) is 10.9. The summed E-state index contributed by atoms with van der Waals surface area (Å²) in [6.07, 6.45) is -0.161. The van der Waals surface area contributed by atoms with Crippen molar-refractivity contribution in [2.45, 2.75) is 26.3 Å². The van der Waals surface area contributed by atoms with Gasteiger partial charge in [-0.05, 0) is 13.8 Å². The number of carbonyl (C=O) groups excluding carboxylic acids is 1. The summed E-state index contributed by atoms with van der Waals surface area (Å²) in [4.78, 5) is 30.0. The van der Waals surface area contributed by atoms with Gasteiger partial charge in [0, 0.05) is 17.8 Å². The first-order chi connectivity index (χ1) is 8.90. The van der Waals surface area contributed by atoms with E-state index < -0.39 is 18.0 Å². The van der Waals surface area contributed by atoms with Gasteiger partial charge < -0.3 is 15.2 Å². The molecule has 0 saturated carbocycles. The second kappa shape index (κ2) is 6.53. The van der Waals surface area contributed by atoms with E-state index in [2.05, 4.69) is 20.6 Å². The van der Waals surface area contributed by atoms with Crippen molar-refractivity contribution in [1.29, 1.82) is 0 Å². The van der Waals surface area contributed by atoms with Crippen molar-refractivity contribution in [3.63, 3.8) is 0 Å². The number of carboxylic acid groups (broad SMARTS) is 1. The molecule has 104 valence electrons. The van der Waals surface area contributed by atoms with E-state index >= 15 is 0 Å². The van der Waals surface area contributed by atoms with Crippen LogP contribution < -0.4 is 15.4 Å². The van der Waals surface area contributed by atoms with Crippen LogP contribution in [0, 0.1) is 6.92 Å². The Morgan fingerprint density at radius 2 is 2.16 bits per heavy atom. The first kappa shape index (κ1) is 14.7. The van der Waals surface area contributed by atoms with Crippen LogP contribution in [0.15, 0.2) is 6.07 Å². The standard InChI is InChI=1S/C11H16N4O4/c1-6-4-8(19-3)14-10(12-6)15-11(18)13-7(2)5-9(16)17/h4,7H,5H2,1-3H3,(H,16,17)(H2,12,13,14,15,18). The third kappa shape index (κ3) is 5.19. The second-order valence-electron chi connectivity index (χ2n) is 3.97. The molecule has 0 aliphatic carbocycles. The minimum atomic E-state index is -0.985. The molecule has 3 N–H and O–H groups in total. The van der Waals surface area contributed by atoms with Crippen molar-refractivity contribution >= 4 is 17.9 Å². The third-order valence-corrected chi connectivity index (χ3v) is 2.12. The van der Waals surface area contributed by atoms with Gasteiger partial charge in [-0.25, -0.2) is 9.78 Å². The molecule has 1 rings (SSSR count). The molecule has 0 spiro atoms. The van der Waals surface area contributed by atoms with Gasteiger partial charge in [-0.3, -0.25) is 10.1 Å². The highest BCUT2D eigenvalue weighted by atomic mass is 16.5. The number of amides is 2. The molecule has 0 aliphatic heterocycles. The number of nitrogens with one attached hydrogen (secondary N) is 2. The Bertz CT molecular complexity index is 478. The van der Waals surface area contributed by atoms with Gasteiger partial charge in [-0.2, -0.15) is 4.98 Å². The first-order valence-corrected chi connectivity index (χ1v) is 5.59. The van der Waals surface area contributed by atoms with Crippen LogP contribution in [-0.2, 0) is 4.79 Å². The van der Waals surface area contributed by atoms with Gasteiger partial charge >= 0.3 is 12.0 Å². The largest absolute Gasteiger partial charge is 0.481 e. The number of nitrogens with zero attached hydrogens (tertiary/aromatic N) is 2. The zero-order chi connectivity index (χ0) is 14.4. The number of carboxylic acids is 1. The quantitative estimate of drug-likeness (QED) is 0.727. The molecule has 0 bridgehead atoms. The number of aryl methyl sites for hydroxylation is 1. The maximum atomic E-state index is 11.6. The second-order valence-corrected chi connectivity index (χ2v) is 3.97. The highest BCUT2D eigenvalue weighted by molar-refractivity contribution is 5.87. The predicted octanol–water partition coefficient (Wildman–Crippen LogP) is 0.778. The van der Waals surface area contributed by atoms with Crippen molar-refractivity contribution < 1.29 is 19.4 Å². The molecule has 0 saturated heterocycles. The number of urea groups is 1. The lowest BCUT2D eigenvalue weighted by molar-refractivity contribution is -0.137. The molecule has 0 fully saturated rings. The van der Waals surface area contributed by atoms with E-state index in [1.807, 2.05) is 0 Å². The van der Waals surface area contributed by atoms with Crippen LogP contribution in [-0.4, -0.2) is 40.2 Å². The van der Waals surface area contributed by atoms with Crippen molar-refractivity contribution in [3.05, 3.63) is 11.8 Å². The Morgan fingerprint density at radius 1 is 1.47 bits per heavy atom. The molecule has 19 heavy (non-hydrogen) atoms. The average Bonchev–Trinajstić information content (AvgIpc) is 2.26. The van der Waals surface area contributed by atoms with Crippen LogP contribution in [0.4, 0.5) is 10.7 Å². The molecular formula is C11H16N4O4. The molecule has 1 aromatic heterocycles. The fraction of sp³-hybridized carbons (Fsp3) is 0.455. The first-order valence-electron chi connectivity index (χ1n) is 5.59. The molecule has 0 radical (unpaired) electrons. The Hall–Kier alpha value is -2.38. The van der Waals surface area contributed by atoms with Crippen molar-refractivity contribution in [1.82, 2.24) is 15.3 Å². The molecule has 1 atom stereocenters. The van der Waals surface area contributed by atoms with Gasteiger partial charge in [0.05, 0.1) is 13.5 Å². The number of carbonyl (C=O) groups is 2. The number of ether oxygens (including phenoxy) is 1. The number of aromatic nitrogens is 2. The number of aliphatic carboxylic acids is 1. The smallest absolute Gasteiger partial charge is 0.321 e. The Morgan fingerprint density at radius 3 is 2.74 bits per heavy atom. The van der Waals surface area contributed by atoms with E-state index in [9.17, 15) is 9.59 Å². The van der Waals surface area contributed by atoms with E-state index in [1.165, 1.54) is 7.11 Å². The molecule has 1 heterocycles. The lowest BCUT2D eigenvalue weighted by atomic mass is 10.2. The van der Waals surface area contributed by atoms with Crippen LogP contribution in [0.3, 0.4) is 0 Å². The number of hydrogen-bond donors (Lipinski definition) is 3. The van der Waals surface area contributed by atoms with E-state index in [0.29, 0.717) is 11.6 Å². The highest BCUT2D eigenvalue weighted by Gasteiger charge is 2.12. The van der Waals surface area contributed by atoms with Gasteiger partial charge in [0.15, 0.2) is 0 Å². The van der Waals surface area contributed by atoms with E-state index in [1.54, 1.807) is 19.9 Å². The summed E-state index contributed by atoms with van der Waals surface area (Å²) < 4.78 is 4.95. The van der Waals surface area contributed by atoms with Crippen LogP contribution in [0.2, 0.25) is 0 Å². The summed E-state index contributed by atoms with van der Waals surface area (Å²) in [7, 11) is 1.46. The predicted molar refractivity (Wildman–Crippen MR) is 67.2 cm³/mol. The van der Waals surface area contributed by atoms with Gasteiger partial charge in [-0.15, -0.1) is 0 Å². The van der Waals surface area contributed by atoms with E-state index in [4.69, 9.17) is 9.84 Å². The highest BCUT2D eigenvalue weighted by Crippen LogP contribution is 2.10. The SMILES string of the molecule is COc1cc(C)nc(NC(=O)NC(C)CC(=O)O)n1. The Balaban J connectivity index is 2.61. The maximum Gasteiger partial charge on any atom is 0.321 e. The molecule has 1 aromatic rings. The van der Waals surface area contributed by atoms with Gasteiger partial charge in [0.1, 0.15) is 0 Å². The van der Waals surface area contributed by atoms with Crippen LogP contribution in [0.5, 0.6) is 5.88 Å². The Labute approximate surface area is 110 Å². The van der Waals surface area contributed by atoms with E-state index in [0.717, 1.165) is 0 Å². The minimum Gasteiger partial charge on any atom is -0.481 e. The summed E-state index contributed by atoms with van der Waals surface area (Å²) in [6, 6.07) is 0.557. The topological polar surface area (TPSA) is 113 Å². The molecule has 0 aromatic carbocycles. The molecule has 0 aliphatic rings.